The number of nitrogens with zero attached hydrogens (tertiary/aromatic N) is 3. The van der Waals surface area contributed by atoms with Gasteiger partial charge in [-0.2, -0.15) is 0 Å². The summed E-state index contributed by atoms with van der Waals surface area (Å²) in [6, 6.07) is 11.6. The van der Waals surface area contributed by atoms with Gasteiger partial charge in [-0.05, 0) is 18.2 Å². The van der Waals surface area contributed by atoms with Gasteiger partial charge in [0.1, 0.15) is 4.92 Å². The first-order valence-corrected chi connectivity index (χ1v) is 7.33. The third-order valence-corrected chi connectivity index (χ3v) is 3.97. The number of nitro groups is 1. The SMILES string of the molecule is CN(C(=O)C1CN(C(=O)c2ccc([N+](=O)[O-])o2)C1)c1ccccc1. The molecule has 3 rings (SSSR count). The van der Waals surface area contributed by atoms with Gasteiger partial charge in [0, 0.05) is 25.8 Å². The zero-order valence-electron chi connectivity index (χ0n) is 12.9. The van der Waals surface area contributed by atoms with E-state index < -0.39 is 16.7 Å². The highest BCUT2D eigenvalue weighted by molar-refractivity contribution is 5.98. The van der Waals surface area contributed by atoms with Crippen molar-refractivity contribution in [3.8, 4) is 0 Å². The maximum absolute atomic E-state index is 12.4. The molecule has 8 heteroatoms. The summed E-state index contributed by atoms with van der Waals surface area (Å²) in [4.78, 5) is 37.4. The van der Waals surface area contributed by atoms with Crippen molar-refractivity contribution in [2.45, 2.75) is 0 Å². The highest BCUT2D eigenvalue weighted by atomic mass is 16.6. The van der Waals surface area contributed by atoms with Gasteiger partial charge in [0.2, 0.25) is 5.91 Å². The van der Waals surface area contributed by atoms with Crippen LogP contribution < -0.4 is 4.90 Å². The molecule has 2 amide bonds. The fraction of sp³-hybridized carbons (Fsp3) is 0.250. The summed E-state index contributed by atoms with van der Waals surface area (Å²) in [7, 11) is 1.69. The Labute approximate surface area is 137 Å². The highest BCUT2D eigenvalue weighted by Crippen LogP contribution is 2.25. The number of hydrogen-bond donors (Lipinski definition) is 0. The van der Waals surface area contributed by atoms with Gasteiger partial charge in [0.25, 0.3) is 5.91 Å². The van der Waals surface area contributed by atoms with Gasteiger partial charge in [-0.3, -0.25) is 19.7 Å². The number of para-hydroxylation sites is 1. The Hall–Kier alpha value is -3.16. The second kappa shape index (κ2) is 6.15. The van der Waals surface area contributed by atoms with Crippen molar-refractivity contribution in [3.63, 3.8) is 0 Å². The molecule has 1 fully saturated rings. The van der Waals surface area contributed by atoms with Crippen molar-refractivity contribution in [3.05, 3.63) is 58.3 Å². The van der Waals surface area contributed by atoms with E-state index in [1.807, 2.05) is 30.3 Å². The fourth-order valence-electron chi connectivity index (χ4n) is 2.55. The predicted molar refractivity (Wildman–Crippen MR) is 84.6 cm³/mol. The molecule has 0 unspecified atom stereocenters. The molecule has 0 bridgehead atoms. The topological polar surface area (TPSA) is 96.9 Å². The van der Waals surface area contributed by atoms with Crippen LogP contribution in [0.2, 0.25) is 0 Å². The normalized spacial score (nSPS) is 14.1. The fourth-order valence-corrected chi connectivity index (χ4v) is 2.55. The summed E-state index contributed by atoms with van der Waals surface area (Å²) < 4.78 is 4.89. The molecule has 24 heavy (non-hydrogen) atoms. The van der Waals surface area contributed by atoms with Gasteiger partial charge in [0.05, 0.1) is 12.0 Å². The summed E-state index contributed by atoms with van der Waals surface area (Å²) in [6.45, 7) is 0.534. The van der Waals surface area contributed by atoms with Crippen molar-refractivity contribution in [2.75, 3.05) is 25.0 Å². The molecule has 1 aliphatic rings. The van der Waals surface area contributed by atoms with Crippen LogP contribution in [0.1, 0.15) is 10.6 Å². The number of benzene rings is 1. The summed E-state index contributed by atoms with van der Waals surface area (Å²) in [5.41, 5.74) is 0.786. The average Bonchev–Trinajstić information content (AvgIpc) is 3.03. The standard InChI is InChI=1S/C16H15N3O5/c1-17(12-5-3-2-4-6-12)15(20)11-9-18(10-11)16(21)13-7-8-14(24-13)19(22)23/h2-8,11H,9-10H2,1H3. The van der Waals surface area contributed by atoms with Crippen LogP contribution in [0.3, 0.4) is 0 Å². The monoisotopic (exact) mass is 329 g/mol. The summed E-state index contributed by atoms with van der Waals surface area (Å²) in [6.07, 6.45) is 0. The first-order valence-electron chi connectivity index (χ1n) is 7.33. The Morgan fingerprint density at radius 1 is 1.21 bits per heavy atom. The number of carbonyl (C=O) groups excluding carboxylic acids is 2. The van der Waals surface area contributed by atoms with E-state index in [9.17, 15) is 19.7 Å². The van der Waals surface area contributed by atoms with Crippen LogP contribution in [0.25, 0.3) is 0 Å². The zero-order valence-corrected chi connectivity index (χ0v) is 12.9. The van der Waals surface area contributed by atoms with Gasteiger partial charge in [0.15, 0.2) is 5.76 Å². The summed E-state index contributed by atoms with van der Waals surface area (Å²) >= 11 is 0. The first kappa shape index (κ1) is 15.7. The summed E-state index contributed by atoms with van der Waals surface area (Å²) in [5, 5.41) is 10.6. The second-order valence-corrected chi connectivity index (χ2v) is 5.53. The van der Waals surface area contributed by atoms with Crippen LogP contribution in [-0.4, -0.2) is 41.8 Å². The molecule has 1 aliphatic heterocycles. The highest BCUT2D eigenvalue weighted by Gasteiger charge is 2.39. The van der Waals surface area contributed by atoms with Crippen LogP contribution in [-0.2, 0) is 4.79 Å². The number of amides is 2. The lowest BCUT2D eigenvalue weighted by atomic mass is 9.98. The molecule has 8 nitrogen and oxygen atoms in total. The van der Waals surface area contributed by atoms with Crippen molar-refractivity contribution >= 4 is 23.4 Å². The minimum atomic E-state index is -0.700. The average molecular weight is 329 g/mol. The molecular formula is C16H15N3O5. The zero-order chi connectivity index (χ0) is 17.3. The van der Waals surface area contributed by atoms with Crippen LogP contribution in [0.4, 0.5) is 11.6 Å². The Morgan fingerprint density at radius 3 is 2.46 bits per heavy atom. The minimum Gasteiger partial charge on any atom is -0.395 e. The van der Waals surface area contributed by atoms with Gasteiger partial charge in [-0.1, -0.05) is 18.2 Å². The lowest BCUT2D eigenvalue weighted by molar-refractivity contribution is -0.402. The molecule has 2 heterocycles. The Bertz CT molecular complexity index is 780. The molecule has 1 aromatic carbocycles. The van der Waals surface area contributed by atoms with E-state index in [-0.39, 0.29) is 30.7 Å². The van der Waals surface area contributed by atoms with Crippen molar-refractivity contribution in [1.29, 1.82) is 0 Å². The van der Waals surface area contributed by atoms with E-state index in [1.54, 1.807) is 11.9 Å². The van der Waals surface area contributed by atoms with Crippen LogP contribution in [0, 0.1) is 16.0 Å². The maximum Gasteiger partial charge on any atom is 0.433 e. The molecule has 1 saturated heterocycles. The molecule has 2 aromatic rings. The van der Waals surface area contributed by atoms with Crippen molar-refractivity contribution in [1.82, 2.24) is 4.90 Å². The lowest BCUT2D eigenvalue weighted by Crippen LogP contribution is -2.56. The minimum absolute atomic E-state index is 0.0734. The Kier molecular flexibility index (Phi) is 4.03. The number of carbonyl (C=O) groups is 2. The van der Waals surface area contributed by atoms with E-state index in [0.29, 0.717) is 0 Å². The van der Waals surface area contributed by atoms with E-state index >= 15 is 0 Å². The third-order valence-electron chi connectivity index (χ3n) is 3.97. The first-order chi connectivity index (χ1) is 11.5. The molecule has 0 saturated carbocycles. The van der Waals surface area contributed by atoms with E-state index in [4.69, 9.17) is 4.42 Å². The van der Waals surface area contributed by atoms with E-state index in [2.05, 4.69) is 0 Å². The maximum atomic E-state index is 12.4. The molecule has 0 radical (unpaired) electrons. The molecule has 0 N–H and O–H groups in total. The van der Waals surface area contributed by atoms with Gasteiger partial charge >= 0.3 is 5.88 Å². The van der Waals surface area contributed by atoms with Crippen LogP contribution in [0.5, 0.6) is 0 Å². The Morgan fingerprint density at radius 2 is 1.88 bits per heavy atom. The molecule has 1 aromatic heterocycles. The molecule has 124 valence electrons. The van der Waals surface area contributed by atoms with Gasteiger partial charge < -0.3 is 14.2 Å². The van der Waals surface area contributed by atoms with Crippen LogP contribution >= 0.6 is 0 Å². The van der Waals surface area contributed by atoms with Crippen LogP contribution in [0.15, 0.2) is 46.9 Å². The number of hydrogen-bond acceptors (Lipinski definition) is 5. The van der Waals surface area contributed by atoms with E-state index in [1.165, 1.54) is 11.0 Å². The third kappa shape index (κ3) is 2.85. The molecule has 0 atom stereocenters. The molecule has 0 aliphatic carbocycles. The Balaban J connectivity index is 1.59. The smallest absolute Gasteiger partial charge is 0.395 e. The lowest BCUT2D eigenvalue weighted by Gasteiger charge is -2.39. The number of anilines is 1. The largest absolute Gasteiger partial charge is 0.433 e. The summed E-state index contributed by atoms with van der Waals surface area (Å²) in [5.74, 6) is -1.38. The molecule has 0 spiro atoms. The quantitative estimate of drug-likeness (QED) is 0.630. The van der Waals surface area contributed by atoms with Crippen molar-refractivity contribution < 1.29 is 18.9 Å². The predicted octanol–water partition coefficient (Wildman–Crippen LogP) is 1.92. The van der Waals surface area contributed by atoms with Gasteiger partial charge in [-0.15, -0.1) is 0 Å². The second-order valence-electron chi connectivity index (χ2n) is 5.53. The number of furan rings is 1. The van der Waals surface area contributed by atoms with Gasteiger partial charge in [-0.25, -0.2) is 0 Å². The van der Waals surface area contributed by atoms with Crippen molar-refractivity contribution in [2.24, 2.45) is 5.92 Å². The molecular weight excluding hydrogens is 314 g/mol. The number of likely N-dealkylation sites (tertiary alicyclic amines) is 1. The number of rotatable bonds is 4. The van der Waals surface area contributed by atoms with E-state index in [0.717, 1.165) is 11.8 Å².